The van der Waals surface area contributed by atoms with Crippen molar-refractivity contribution in [2.75, 3.05) is 37.5 Å². The third-order valence-corrected chi connectivity index (χ3v) is 4.46. The topological polar surface area (TPSA) is 75.7 Å². The fourth-order valence-electron chi connectivity index (χ4n) is 3.25. The van der Waals surface area contributed by atoms with E-state index in [4.69, 9.17) is 9.47 Å². The van der Waals surface area contributed by atoms with Crippen LogP contribution in [0.3, 0.4) is 0 Å². The van der Waals surface area contributed by atoms with Crippen molar-refractivity contribution in [2.24, 2.45) is 0 Å². The van der Waals surface area contributed by atoms with Crippen molar-refractivity contribution in [3.63, 3.8) is 0 Å². The summed E-state index contributed by atoms with van der Waals surface area (Å²) in [6, 6.07) is 3.47. The smallest absolute Gasteiger partial charge is 0.319 e. The molecule has 2 heterocycles. The minimum absolute atomic E-state index is 0.0849. The van der Waals surface area contributed by atoms with Gasteiger partial charge in [0.15, 0.2) is 11.6 Å². The Morgan fingerprint density at radius 2 is 2.12 bits per heavy atom. The summed E-state index contributed by atoms with van der Waals surface area (Å²) < 4.78 is 11.8. The van der Waals surface area contributed by atoms with Gasteiger partial charge in [-0.05, 0) is 31.9 Å². The third kappa shape index (κ3) is 3.79. The lowest BCUT2D eigenvalue weighted by Crippen LogP contribution is -2.37. The van der Waals surface area contributed by atoms with Gasteiger partial charge in [0.1, 0.15) is 6.10 Å². The maximum atomic E-state index is 12.2. The average Bonchev–Trinajstić information content (AvgIpc) is 3.17. The number of anilines is 2. The number of urea groups is 1. The molecule has 1 aliphatic carbocycles. The Morgan fingerprint density at radius 3 is 2.83 bits per heavy atom. The number of hydrogen-bond donors (Lipinski definition) is 2. The Hall–Kier alpha value is -1.86. The maximum Gasteiger partial charge on any atom is 0.319 e. The number of hydrogen-bond acceptors (Lipinski definition) is 5. The first-order chi connectivity index (χ1) is 11.5. The largest absolute Gasteiger partial charge is 0.361 e. The monoisotopic (exact) mass is 334 g/mol. The number of carbonyl (C=O) groups excluding carboxylic acids is 1. The summed E-state index contributed by atoms with van der Waals surface area (Å²) >= 11 is 0. The highest BCUT2D eigenvalue weighted by Crippen LogP contribution is 2.38. The van der Waals surface area contributed by atoms with Gasteiger partial charge in [-0.2, -0.15) is 0 Å². The molecular weight excluding hydrogens is 308 g/mol. The molecule has 1 spiro atoms. The van der Waals surface area contributed by atoms with Gasteiger partial charge in [0.05, 0.1) is 12.3 Å². The van der Waals surface area contributed by atoms with Crippen LogP contribution in [0.1, 0.15) is 31.4 Å². The molecule has 0 radical (unpaired) electrons. The second-order valence-corrected chi connectivity index (χ2v) is 6.72. The third-order valence-electron chi connectivity index (χ3n) is 4.46. The molecule has 1 saturated heterocycles. The molecule has 1 aromatic rings. The molecule has 2 amide bonds. The van der Waals surface area contributed by atoms with Crippen LogP contribution in [0.4, 0.5) is 16.3 Å². The predicted molar refractivity (Wildman–Crippen MR) is 92.3 cm³/mol. The van der Waals surface area contributed by atoms with E-state index >= 15 is 0 Å². The van der Waals surface area contributed by atoms with Crippen LogP contribution in [0.5, 0.6) is 0 Å². The summed E-state index contributed by atoms with van der Waals surface area (Å²) in [6.45, 7) is 2.90. The standard InChI is InChI=1S/C17H26N4O3/c1-12-6-7-14(15(19-12)21(2)3)20-16(22)18-10-13-11-23-17(24-13)8-4-5-9-17/h6-7,13H,4-5,8-11H2,1-3H3,(H2,18,20,22)/t13-/m0/s1. The Balaban J connectivity index is 1.51. The minimum Gasteiger partial charge on any atom is -0.361 e. The number of amides is 2. The van der Waals surface area contributed by atoms with Gasteiger partial charge >= 0.3 is 6.03 Å². The molecule has 7 nitrogen and oxygen atoms in total. The summed E-state index contributed by atoms with van der Waals surface area (Å²) in [4.78, 5) is 18.5. The van der Waals surface area contributed by atoms with E-state index in [-0.39, 0.29) is 17.9 Å². The zero-order chi connectivity index (χ0) is 17.2. The molecule has 2 N–H and O–H groups in total. The molecule has 1 aromatic heterocycles. The van der Waals surface area contributed by atoms with E-state index in [1.165, 1.54) is 0 Å². The van der Waals surface area contributed by atoms with E-state index < -0.39 is 0 Å². The second-order valence-electron chi connectivity index (χ2n) is 6.72. The number of ether oxygens (including phenoxy) is 2. The first kappa shape index (κ1) is 17.0. The molecule has 1 saturated carbocycles. The predicted octanol–water partition coefficient (Wildman–Crippen LogP) is 2.26. The quantitative estimate of drug-likeness (QED) is 0.883. The van der Waals surface area contributed by atoms with Gasteiger partial charge in [-0.15, -0.1) is 0 Å². The SMILES string of the molecule is Cc1ccc(NC(=O)NC[C@H]2COC3(CCCC3)O2)c(N(C)C)n1. The number of aryl methyl sites for hydroxylation is 1. The molecule has 0 bridgehead atoms. The number of aromatic nitrogens is 1. The zero-order valence-corrected chi connectivity index (χ0v) is 14.6. The van der Waals surface area contributed by atoms with Crippen molar-refractivity contribution < 1.29 is 14.3 Å². The Kier molecular flexibility index (Phi) is 4.91. The first-order valence-electron chi connectivity index (χ1n) is 8.49. The van der Waals surface area contributed by atoms with Crippen LogP contribution in [0.15, 0.2) is 12.1 Å². The number of nitrogens with zero attached hydrogens (tertiary/aromatic N) is 2. The van der Waals surface area contributed by atoms with Crippen molar-refractivity contribution in [3.05, 3.63) is 17.8 Å². The van der Waals surface area contributed by atoms with Gasteiger partial charge in [-0.3, -0.25) is 0 Å². The van der Waals surface area contributed by atoms with Crippen LogP contribution in [0.2, 0.25) is 0 Å². The van der Waals surface area contributed by atoms with Crippen molar-refractivity contribution in [1.82, 2.24) is 10.3 Å². The van der Waals surface area contributed by atoms with Gasteiger partial charge in [-0.25, -0.2) is 9.78 Å². The molecule has 7 heteroatoms. The average molecular weight is 334 g/mol. The zero-order valence-electron chi connectivity index (χ0n) is 14.6. The van der Waals surface area contributed by atoms with Crippen LogP contribution in [-0.2, 0) is 9.47 Å². The van der Waals surface area contributed by atoms with Crippen LogP contribution in [-0.4, -0.2) is 50.2 Å². The van der Waals surface area contributed by atoms with Gasteiger partial charge in [0.2, 0.25) is 0 Å². The molecule has 0 aromatic carbocycles. The van der Waals surface area contributed by atoms with Crippen molar-refractivity contribution in [2.45, 2.75) is 44.5 Å². The highest BCUT2D eigenvalue weighted by Gasteiger charge is 2.43. The molecule has 132 valence electrons. The summed E-state index contributed by atoms with van der Waals surface area (Å²) in [6.07, 6.45) is 4.12. The summed E-state index contributed by atoms with van der Waals surface area (Å²) in [7, 11) is 3.80. The highest BCUT2D eigenvalue weighted by molar-refractivity contribution is 5.92. The number of carbonyl (C=O) groups is 1. The lowest BCUT2D eigenvalue weighted by molar-refractivity contribution is -0.160. The van der Waals surface area contributed by atoms with E-state index in [1.807, 2.05) is 38.1 Å². The van der Waals surface area contributed by atoms with Crippen LogP contribution in [0, 0.1) is 6.92 Å². The number of pyridine rings is 1. The Labute approximate surface area is 142 Å². The molecule has 3 rings (SSSR count). The van der Waals surface area contributed by atoms with Crippen LogP contribution < -0.4 is 15.5 Å². The first-order valence-corrected chi connectivity index (χ1v) is 8.49. The molecule has 1 aliphatic heterocycles. The second kappa shape index (κ2) is 6.94. The van der Waals surface area contributed by atoms with E-state index in [9.17, 15) is 4.79 Å². The van der Waals surface area contributed by atoms with Crippen LogP contribution >= 0.6 is 0 Å². The van der Waals surface area contributed by atoms with Crippen molar-refractivity contribution in [1.29, 1.82) is 0 Å². The molecule has 2 aliphatic rings. The van der Waals surface area contributed by atoms with E-state index in [0.29, 0.717) is 18.8 Å². The van der Waals surface area contributed by atoms with Crippen LogP contribution in [0.25, 0.3) is 0 Å². The van der Waals surface area contributed by atoms with Crippen molar-refractivity contribution >= 4 is 17.5 Å². The van der Waals surface area contributed by atoms with Gasteiger partial charge in [-0.1, -0.05) is 0 Å². The Bertz CT molecular complexity index is 599. The normalized spacial score (nSPS) is 21.9. The van der Waals surface area contributed by atoms with E-state index in [0.717, 1.165) is 37.2 Å². The van der Waals surface area contributed by atoms with E-state index in [1.54, 1.807) is 0 Å². The fourth-order valence-corrected chi connectivity index (χ4v) is 3.25. The van der Waals surface area contributed by atoms with Gasteiger partial charge in [0.25, 0.3) is 0 Å². The summed E-state index contributed by atoms with van der Waals surface area (Å²) in [5.74, 6) is 0.345. The summed E-state index contributed by atoms with van der Waals surface area (Å²) in [5.41, 5.74) is 1.59. The minimum atomic E-state index is -0.387. The fraction of sp³-hybridized carbons (Fsp3) is 0.647. The molecule has 0 unspecified atom stereocenters. The number of nitrogens with one attached hydrogen (secondary N) is 2. The van der Waals surface area contributed by atoms with Crippen molar-refractivity contribution in [3.8, 4) is 0 Å². The molecule has 1 atom stereocenters. The summed E-state index contributed by atoms with van der Waals surface area (Å²) in [5, 5.41) is 5.71. The molecule has 2 fully saturated rings. The highest BCUT2D eigenvalue weighted by atomic mass is 16.7. The lowest BCUT2D eigenvalue weighted by atomic mass is 10.2. The molecule has 24 heavy (non-hydrogen) atoms. The Morgan fingerprint density at radius 1 is 1.38 bits per heavy atom. The number of rotatable bonds is 4. The maximum absolute atomic E-state index is 12.2. The van der Waals surface area contributed by atoms with Gasteiger partial charge in [0, 0.05) is 39.2 Å². The molecular formula is C17H26N4O3. The lowest BCUT2D eigenvalue weighted by Gasteiger charge is -2.22. The van der Waals surface area contributed by atoms with E-state index in [2.05, 4.69) is 15.6 Å². The van der Waals surface area contributed by atoms with Gasteiger partial charge < -0.3 is 25.0 Å².